The summed E-state index contributed by atoms with van der Waals surface area (Å²) in [5, 5.41) is 0. The Kier molecular flexibility index (Phi) is 6.15. The van der Waals surface area contributed by atoms with Crippen molar-refractivity contribution in [2.45, 2.75) is 94.9 Å². The molecule has 0 nitrogen and oxygen atoms in total. The Balaban J connectivity index is 0.00000116. The normalized spacial score (nSPS) is 30.8. The van der Waals surface area contributed by atoms with Crippen LogP contribution in [0.5, 0.6) is 0 Å². The van der Waals surface area contributed by atoms with Crippen LogP contribution in [0.2, 0.25) is 0 Å². The van der Waals surface area contributed by atoms with Crippen molar-refractivity contribution in [2.75, 3.05) is 0 Å². The molecule has 0 aromatic carbocycles. The summed E-state index contributed by atoms with van der Waals surface area (Å²) in [5.74, 6) is 1.54. The van der Waals surface area contributed by atoms with Crippen LogP contribution in [-0.2, 0) is 0 Å². The SMILES string of the molecule is CC.CC1=C(C)C2CC(C)(C)CCC(C)(C)CC2C(C)=C1C. The van der Waals surface area contributed by atoms with E-state index in [0.717, 1.165) is 11.8 Å². The van der Waals surface area contributed by atoms with Crippen molar-refractivity contribution in [3.63, 3.8) is 0 Å². The van der Waals surface area contributed by atoms with Gasteiger partial charge in [0, 0.05) is 0 Å². The van der Waals surface area contributed by atoms with Gasteiger partial charge in [0.15, 0.2) is 0 Å². The number of hydrogen-bond acceptors (Lipinski definition) is 0. The Hall–Kier alpha value is -0.520. The second-order valence-corrected chi connectivity index (χ2v) is 9.07. The second kappa shape index (κ2) is 6.93. The van der Waals surface area contributed by atoms with E-state index in [1.807, 2.05) is 13.8 Å². The van der Waals surface area contributed by atoms with Gasteiger partial charge in [-0.15, -0.1) is 0 Å². The molecule has 2 aliphatic carbocycles. The first kappa shape index (κ1) is 19.5. The van der Waals surface area contributed by atoms with E-state index in [-0.39, 0.29) is 0 Å². The average molecular weight is 305 g/mol. The molecule has 0 radical (unpaired) electrons. The average Bonchev–Trinajstić information content (AvgIpc) is 2.46. The molecule has 0 heteroatoms. The van der Waals surface area contributed by atoms with E-state index in [4.69, 9.17) is 0 Å². The van der Waals surface area contributed by atoms with E-state index in [1.54, 1.807) is 22.3 Å². The molecule has 0 bridgehead atoms. The third-order valence-corrected chi connectivity index (χ3v) is 6.37. The van der Waals surface area contributed by atoms with E-state index >= 15 is 0 Å². The Morgan fingerprint density at radius 2 is 0.909 bits per heavy atom. The summed E-state index contributed by atoms with van der Waals surface area (Å²) >= 11 is 0. The van der Waals surface area contributed by atoms with Gasteiger partial charge in [0.2, 0.25) is 0 Å². The van der Waals surface area contributed by atoms with E-state index in [2.05, 4.69) is 55.4 Å². The molecule has 0 aromatic rings. The maximum absolute atomic E-state index is 2.48. The fourth-order valence-corrected chi connectivity index (χ4v) is 4.41. The Labute approximate surface area is 140 Å². The summed E-state index contributed by atoms with van der Waals surface area (Å²) in [6.07, 6.45) is 5.47. The van der Waals surface area contributed by atoms with Crippen molar-refractivity contribution in [2.24, 2.45) is 22.7 Å². The van der Waals surface area contributed by atoms with Gasteiger partial charge in [-0.25, -0.2) is 0 Å². The smallest absolute Gasteiger partial charge is 0.0129 e. The van der Waals surface area contributed by atoms with Gasteiger partial charge in [-0.2, -0.15) is 0 Å². The van der Waals surface area contributed by atoms with Crippen LogP contribution >= 0.6 is 0 Å². The molecule has 0 saturated heterocycles. The minimum atomic E-state index is 0.480. The zero-order valence-electron chi connectivity index (χ0n) is 17.0. The zero-order valence-corrected chi connectivity index (χ0v) is 17.0. The highest BCUT2D eigenvalue weighted by atomic mass is 14.4. The molecule has 0 amide bonds. The van der Waals surface area contributed by atoms with Gasteiger partial charge in [-0.3, -0.25) is 0 Å². The molecule has 2 atom stereocenters. The molecule has 2 rings (SSSR count). The summed E-state index contributed by atoms with van der Waals surface area (Å²) in [6, 6.07) is 0. The fourth-order valence-electron chi connectivity index (χ4n) is 4.41. The monoisotopic (exact) mass is 304 g/mol. The van der Waals surface area contributed by atoms with Gasteiger partial charge < -0.3 is 0 Å². The van der Waals surface area contributed by atoms with E-state index in [0.29, 0.717) is 10.8 Å². The summed E-state index contributed by atoms with van der Waals surface area (Å²) in [5.41, 5.74) is 7.44. The van der Waals surface area contributed by atoms with Gasteiger partial charge in [-0.1, -0.05) is 52.7 Å². The maximum atomic E-state index is 2.48. The number of allylic oxidation sites excluding steroid dienone is 4. The summed E-state index contributed by atoms with van der Waals surface area (Å²) in [6.45, 7) is 23.4. The third kappa shape index (κ3) is 4.06. The lowest BCUT2D eigenvalue weighted by molar-refractivity contribution is 0.120. The lowest BCUT2D eigenvalue weighted by atomic mass is 9.59. The Morgan fingerprint density at radius 1 is 0.636 bits per heavy atom. The summed E-state index contributed by atoms with van der Waals surface area (Å²) in [4.78, 5) is 0. The van der Waals surface area contributed by atoms with Gasteiger partial charge in [0.25, 0.3) is 0 Å². The molecular formula is C22H40. The van der Waals surface area contributed by atoms with Crippen molar-refractivity contribution in [1.29, 1.82) is 0 Å². The van der Waals surface area contributed by atoms with Crippen LogP contribution in [0.4, 0.5) is 0 Å². The summed E-state index contributed by atoms with van der Waals surface area (Å²) < 4.78 is 0. The quantitative estimate of drug-likeness (QED) is 0.433. The van der Waals surface area contributed by atoms with Gasteiger partial charge in [-0.05, 0) is 87.2 Å². The maximum Gasteiger partial charge on any atom is -0.0129 e. The van der Waals surface area contributed by atoms with E-state index in [9.17, 15) is 0 Å². The predicted octanol–water partition coefficient (Wildman–Crippen LogP) is 7.56. The van der Waals surface area contributed by atoms with E-state index in [1.165, 1.54) is 25.7 Å². The van der Waals surface area contributed by atoms with Crippen molar-refractivity contribution in [3.8, 4) is 0 Å². The zero-order chi connectivity index (χ0) is 17.3. The van der Waals surface area contributed by atoms with Crippen LogP contribution in [0.1, 0.15) is 94.9 Å². The van der Waals surface area contributed by atoms with Crippen LogP contribution in [0.15, 0.2) is 22.3 Å². The lowest BCUT2D eigenvalue weighted by Gasteiger charge is -2.46. The van der Waals surface area contributed by atoms with Crippen molar-refractivity contribution in [3.05, 3.63) is 22.3 Å². The fraction of sp³-hybridized carbons (Fsp3) is 0.818. The first-order valence-electron chi connectivity index (χ1n) is 9.39. The molecule has 2 aliphatic rings. The van der Waals surface area contributed by atoms with Gasteiger partial charge in [0.1, 0.15) is 0 Å². The van der Waals surface area contributed by atoms with Crippen LogP contribution in [0.3, 0.4) is 0 Å². The molecule has 128 valence electrons. The molecule has 22 heavy (non-hydrogen) atoms. The molecule has 0 aromatic heterocycles. The second-order valence-electron chi connectivity index (χ2n) is 9.07. The van der Waals surface area contributed by atoms with Crippen molar-refractivity contribution < 1.29 is 0 Å². The van der Waals surface area contributed by atoms with Crippen LogP contribution < -0.4 is 0 Å². The lowest BCUT2D eigenvalue weighted by Crippen LogP contribution is -2.35. The largest absolute Gasteiger partial charge is 0.0683 e. The summed E-state index contributed by atoms with van der Waals surface area (Å²) in [7, 11) is 0. The van der Waals surface area contributed by atoms with Crippen LogP contribution in [0.25, 0.3) is 0 Å². The molecule has 1 saturated carbocycles. The highest BCUT2D eigenvalue weighted by molar-refractivity contribution is 5.42. The highest BCUT2D eigenvalue weighted by Crippen LogP contribution is 2.52. The molecule has 2 unspecified atom stereocenters. The van der Waals surface area contributed by atoms with Crippen LogP contribution in [-0.4, -0.2) is 0 Å². The Morgan fingerprint density at radius 3 is 1.18 bits per heavy atom. The first-order valence-corrected chi connectivity index (χ1v) is 9.39. The van der Waals surface area contributed by atoms with E-state index < -0.39 is 0 Å². The number of rotatable bonds is 0. The molecular weight excluding hydrogens is 264 g/mol. The number of fused-ring (bicyclic) bond motifs is 1. The third-order valence-electron chi connectivity index (χ3n) is 6.37. The van der Waals surface area contributed by atoms with Gasteiger partial charge in [0.05, 0.1) is 0 Å². The van der Waals surface area contributed by atoms with Gasteiger partial charge >= 0.3 is 0 Å². The topological polar surface area (TPSA) is 0 Å². The Bertz CT molecular complexity index is 412. The molecule has 0 N–H and O–H groups in total. The molecule has 1 fully saturated rings. The van der Waals surface area contributed by atoms with Crippen LogP contribution in [0, 0.1) is 22.7 Å². The standard InChI is InChI=1S/C20H34.C2H6/c1-13-14(2)16(4)18-12-20(7,8)10-9-19(5,6)11-17(18)15(13)3;1-2/h17-18H,9-12H2,1-8H3;1-2H3. The minimum absolute atomic E-state index is 0.480. The predicted molar refractivity (Wildman–Crippen MR) is 101 cm³/mol. The van der Waals surface area contributed by atoms with Crippen molar-refractivity contribution in [1.82, 2.24) is 0 Å². The highest BCUT2D eigenvalue weighted by Gasteiger charge is 2.40. The number of hydrogen-bond donors (Lipinski definition) is 0. The molecule has 0 heterocycles. The first-order chi connectivity index (χ1) is 10.0. The minimum Gasteiger partial charge on any atom is -0.0683 e. The molecule has 0 aliphatic heterocycles. The van der Waals surface area contributed by atoms with Crippen molar-refractivity contribution >= 4 is 0 Å². The molecule has 0 spiro atoms.